The molecule has 150 valence electrons. The van der Waals surface area contributed by atoms with Crippen LogP contribution in [0.15, 0.2) is 53.4 Å². The van der Waals surface area contributed by atoms with E-state index in [2.05, 4.69) is 4.72 Å². The Morgan fingerprint density at radius 3 is 2.64 bits per heavy atom. The number of hydrogen-bond acceptors (Lipinski definition) is 4. The first-order valence-electron chi connectivity index (χ1n) is 9.39. The molecule has 2 aromatic carbocycles. The molecule has 3 rings (SSSR count). The zero-order valence-corrected chi connectivity index (χ0v) is 17.2. The van der Waals surface area contributed by atoms with Crippen molar-refractivity contribution in [3.05, 3.63) is 59.7 Å². The lowest BCUT2D eigenvalue weighted by molar-refractivity contribution is 0.0735. The van der Waals surface area contributed by atoms with E-state index >= 15 is 0 Å². The Balaban J connectivity index is 1.88. The molecule has 0 aromatic heterocycles. The monoisotopic (exact) mass is 402 g/mol. The number of nitrogens with zero attached hydrogens (tertiary/aromatic N) is 1. The van der Waals surface area contributed by atoms with Crippen molar-refractivity contribution >= 4 is 15.9 Å². The van der Waals surface area contributed by atoms with Gasteiger partial charge >= 0.3 is 0 Å². The van der Waals surface area contributed by atoms with Gasteiger partial charge in [-0.2, -0.15) is 0 Å². The van der Waals surface area contributed by atoms with E-state index in [0.717, 1.165) is 24.2 Å². The molecular weight excluding hydrogens is 376 g/mol. The summed E-state index contributed by atoms with van der Waals surface area (Å²) in [4.78, 5) is 15.1. The zero-order chi connectivity index (χ0) is 20.3. The van der Waals surface area contributed by atoms with E-state index in [-0.39, 0.29) is 22.9 Å². The number of rotatable bonds is 6. The number of hydrogen-bond donors (Lipinski definition) is 1. The van der Waals surface area contributed by atoms with Crippen LogP contribution in [-0.4, -0.2) is 38.9 Å². The van der Waals surface area contributed by atoms with Crippen LogP contribution in [0.3, 0.4) is 0 Å². The summed E-state index contributed by atoms with van der Waals surface area (Å²) >= 11 is 0. The van der Waals surface area contributed by atoms with Gasteiger partial charge in [-0.15, -0.1) is 0 Å². The van der Waals surface area contributed by atoms with E-state index < -0.39 is 10.0 Å². The summed E-state index contributed by atoms with van der Waals surface area (Å²) in [6.07, 6.45) is 1.77. The highest BCUT2D eigenvalue weighted by Gasteiger charge is 2.31. The van der Waals surface area contributed by atoms with Gasteiger partial charge in [-0.25, -0.2) is 13.1 Å². The Bertz CT molecular complexity index is 956. The molecule has 0 aliphatic carbocycles. The second kappa shape index (κ2) is 8.32. The molecule has 28 heavy (non-hydrogen) atoms. The molecule has 0 radical (unpaired) electrons. The third kappa shape index (κ3) is 4.36. The fourth-order valence-corrected chi connectivity index (χ4v) is 4.84. The summed E-state index contributed by atoms with van der Waals surface area (Å²) in [5, 5.41) is 0. The summed E-state index contributed by atoms with van der Waals surface area (Å²) in [5.41, 5.74) is 1.40. The Kier molecular flexibility index (Phi) is 6.05. The summed E-state index contributed by atoms with van der Waals surface area (Å²) in [6.45, 7) is 4.16. The van der Waals surface area contributed by atoms with Crippen molar-refractivity contribution in [1.82, 2.24) is 9.62 Å². The first kappa shape index (κ1) is 20.4. The van der Waals surface area contributed by atoms with Crippen molar-refractivity contribution in [2.24, 2.45) is 0 Å². The summed E-state index contributed by atoms with van der Waals surface area (Å²) in [7, 11) is -2.03. The lowest BCUT2D eigenvalue weighted by atomic mass is 10.0. The summed E-state index contributed by atoms with van der Waals surface area (Å²) in [6, 6.07) is 13.7. The van der Waals surface area contributed by atoms with E-state index in [4.69, 9.17) is 4.74 Å². The van der Waals surface area contributed by atoms with Gasteiger partial charge in [0.25, 0.3) is 5.91 Å². The smallest absolute Gasteiger partial charge is 0.254 e. The van der Waals surface area contributed by atoms with Crippen LogP contribution >= 0.6 is 0 Å². The highest BCUT2D eigenvalue weighted by Crippen LogP contribution is 2.34. The average molecular weight is 403 g/mol. The lowest BCUT2D eigenvalue weighted by Gasteiger charge is -2.25. The predicted octanol–water partition coefficient (Wildman–Crippen LogP) is 3.36. The van der Waals surface area contributed by atoms with E-state index in [1.54, 1.807) is 33.1 Å². The number of carbonyl (C=O) groups excluding carboxylic acids is 1. The Morgan fingerprint density at radius 1 is 1.18 bits per heavy atom. The van der Waals surface area contributed by atoms with Crippen molar-refractivity contribution in [3.63, 3.8) is 0 Å². The molecule has 7 heteroatoms. The standard InChI is InChI=1S/C21H26N2O4S/c1-15(2)22-28(25,26)19-10-5-8-17(14-19)21(24)23-12-6-11-20(23)16-7-4-9-18(13-16)27-3/h4-5,7-10,13-15,20,22H,6,11-12H2,1-3H3. The molecule has 0 saturated carbocycles. The molecule has 0 bridgehead atoms. The zero-order valence-electron chi connectivity index (χ0n) is 16.4. The largest absolute Gasteiger partial charge is 0.497 e. The molecule has 0 spiro atoms. The van der Waals surface area contributed by atoms with Crippen LogP contribution in [0, 0.1) is 0 Å². The van der Waals surface area contributed by atoms with Crippen LogP contribution in [-0.2, 0) is 10.0 Å². The Labute approximate surface area is 166 Å². The molecular formula is C21H26N2O4S. The molecule has 1 aliphatic heterocycles. The van der Waals surface area contributed by atoms with Crippen LogP contribution in [0.2, 0.25) is 0 Å². The number of nitrogens with one attached hydrogen (secondary N) is 1. The van der Waals surface area contributed by atoms with Crippen LogP contribution in [0.1, 0.15) is 48.7 Å². The number of methoxy groups -OCH3 is 1. The minimum absolute atomic E-state index is 0.0448. The molecule has 1 fully saturated rings. The molecule has 1 amide bonds. The van der Waals surface area contributed by atoms with Gasteiger partial charge in [0.1, 0.15) is 5.75 Å². The van der Waals surface area contributed by atoms with Crippen molar-refractivity contribution in [2.75, 3.05) is 13.7 Å². The molecule has 1 N–H and O–H groups in total. The number of ether oxygens (including phenoxy) is 1. The fraction of sp³-hybridized carbons (Fsp3) is 0.381. The minimum atomic E-state index is -3.65. The number of amides is 1. The molecule has 2 aromatic rings. The Hall–Kier alpha value is -2.38. The fourth-order valence-electron chi connectivity index (χ4n) is 3.55. The van der Waals surface area contributed by atoms with E-state index in [9.17, 15) is 13.2 Å². The van der Waals surface area contributed by atoms with E-state index in [1.807, 2.05) is 29.2 Å². The second-order valence-corrected chi connectivity index (χ2v) is 8.95. The maximum atomic E-state index is 13.2. The van der Waals surface area contributed by atoms with Crippen molar-refractivity contribution in [3.8, 4) is 5.75 Å². The third-order valence-corrected chi connectivity index (χ3v) is 6.43. The minimum Gasteiger partial charge on any atom is -0.497 e. The number of carbonyl (C=O) groups is 1. The third-order valence-electron chi connectivity index (χ3n) is 4.77. The number of benzene rings is 2. The van der Waals surface area contributed by atoms with Gasteiger partial charge < -0.3 is 9.64 Å². The molecule has 1 heterocycles. The first-order valence-corrected chi connectivity index (χ1v) is 10.9. The predicted molar refractivity (Wildman–Crippen MR) is 108 cm³/mol. The highest BCUT2D eigenvalue weighted by atomic mass is 32.2. The van der Waals surface area contributed by atoms with Gasteiger partial charge in [-0.05, 0) is 62.6 Å². The van der Waals surface area contributed by atoms with Crippen molar-refractivity contribution < 1.29 is 17.9 Å². The van der Waals surface area contributed by atoms with E-state index in [1.165, 1.54) is 12.1 Å². The first-order chi connectivity index (χ1) is 13.3. The van der Waals surface area contributed by atoms with Gasteiger partial charge in [-0.1, -0.05) is 18.2 Å². The second-order valence-electron chi connectivity index (χ2n) is 7.24. The highest BCUT2D eigenvalue weighted by molar-refractivity contribution is 7.89. The van der Waals surface area contributed by atoms with Crippen LogP contribution in [0.5, 0.6) is 5.75 Å². The lowest BCUT2D eigenvalue weighted by Crippen LogP contribution is -2.32. The van der Waals surface area contributed by atoms with Crippen molar-refractivity contribution in [2.45, 2.75) is 43.7 Å². The van der Waals surface area contributed by atoms with Gasteiger partial charge in [-0.3, -0.25) is 4.79 Å². The molecule has 1 atom stereocenters. The van der Waals surface area contributed by atoms with Crippen LogP contribution < -0.4 is 9.46 Å². The molecule has 1 unspecified atom stereocenters. The molecule has 1 aliphatic rings. The normalized spacial score (nSPS) is 17.1. The summed E-state index contributed by atoms with van der Waals surface area (Å²) < 4.78 is 32.7. The maximum absolute atomic E-state index is 13.2. The van der Waals surface area contributed by atoms with Crippen LogP contribution in [0.4, 0.5) is 0 Å². The summed E-state index contributed by atoms with van der Waals surface area (Å²) in [5.74, 6) is 0.594. The maximum Gasteiger partial charge on any atom is 0.254 e. The average Bonchev–Trinajstić information content (AvgIpc) is 3.16. The SMILES string of the molecule is COc1cccc(C2CCCN2C(=O)c2cccc(S(=O)(=O)NC(C)C)c2)c1. The molecule has 6 nitrogen and oxygen atoms in total. The van der Waals surface area contributed by atoms with Crippen molar-refractivity contribution in [1.29, 1.82) is 0 Å². The van der Waals surface area contributed by atoms with Gasteiger partial charge in [0, 0.05) is 18.2 Å². The van der Waals surface area contributed by atoms with Crippen LogP contribution in [0.25, 0.3) is 0 Å². The Morgan fingerprint density at radius 2 is 1.93 bits per heavy atom. The number of sulfonamides is 1. The quantitative estimate of drug-likeness (QED) is 0.804. The number of likely N-dealkylation sites (tertiary alicyclic amines) is 1. The van der Waals surface area contributed by atoms with Gasteiger partial charge in [0.15, 0.2) is 0 Å². The van der Waals surface area contributed by atoms with E-state index in [0.29, 0.717) is 12.1 Å². The van der Waals surface area contributed by atoms with Gasteiger partial charge in [0.2, 0.25) is 10.0 Å². The topological polar surface area (TPSA) is 75.7 Å². The van der Waals surface area contributed by atoms with Gasteiger partial charge in [0.05, 0.1) is 18.0 Å². The molecule has 1 saturated heterocycles.